The Labute approximate surface area is 215 Å². The van der Waals surface area contributed by atoms with Crippen LogP contribution in [0.25, 0.3) is 0 Å². The first-order valence-electron chi connectivity index (χ1n) is 12.2. The minimum atomic E-state index is -4.79. The second kappa shape index (κ2) is 10.2. The Balaban J connectivity index is 1.38. The number of hydrogen-bond donors (Lipinski definition) is 3. The van der Waals surface area contributed by atoms with Gasteiger partial charge in [-0.2, -0.15) is 13.2 Å². The first-order valence-corrected chi connectivity index (χ1v) is 12.2. The normalized spacial score (nSPS) is 22.6. The number of fused-ring (bicyclic) bond motifs is 1. The van der Waals surface area contributed by atoms with Crippen molar-refractivity contribution in [1.29, 1.82) is 0 Å². The maximum Gasteiger partial charge on any atom is 0.412 e. The number of piperidine rings is 1. The first-order chi connectivity index (χ1) is 18.1. The van der Waals surface area contributed by atoms with Crippen LogP contribution in [0, 0.1) is 0 Å². The van der Waals surface area contributed by atoms with E-state index in [1.54, 1.807) is 12.1 Å². The van der Waals surface area contributed by atoms with Crippen LogP contribution in [-0.4, -0.2) is 60.4 Å². The highest BCUT2D eigenvalue weighted by atomic mass is 19.4. The zero-order valence-corrected chi connectivity index (χ0v) is 20.1. The second-order valence-corrected chi connectivity index (χ2v) is 9.41. The van der Waals surface area contributed by atoms with Crippen LogP contribution in [0.2, 0.25) is 0 Å². The Kier molecular flexibility index (Phi) is 6.93. The summed E-state index contributed by atoms with van der Waals surface area (Å²) in [4.78, 5) is 50.9. The molecule has 200 valence electrons. The molecule has 5 rings (SSSR count). The summed E-state index contributed by atoms with van der Waals surface area (Å²) in [6.07, 6.45) is -5.12. The van der Waals surface area contributed by atoms with Gasteiger partial charge in [0.15, 0.2) is 6.04 Å². The van der Waals surface area contributed by atoms with Crippen molar-refractivity contribution in [3.05, 3.63) is 70.3 Å². The molecule has 3 atom stereocenters. The van der Waals surface area contributed by atoms with Crippen molar-refractivity contribution < 1.29 is 37.1 Å². The molecule has 4 amide bonds. The maximum absolute atomic E-state index is 14.2. The fourth-order valence-electron chi connectivity index (χ4n) is 5.10. The van der Waals surface area contributed by atoms with Gasteiger partial charge in [0, 0.05) is 37.2 Å². The summed E-state index contributed by atoms with van der Waals surface area (Å²) >= 11 is 0. The fraction of sp³-hybridized carbons (Fsp3) is 0.385. The molecule has 0 bridgehead atoms. The molecule has 3 N–H and O–H groups in total. The van der Waals surface area contributed by atoms with Gasteiger partial charge in [0.25, 0.3) is 11.8 Å². The van der Waals surface area contributed by atoms with Crippen molar-refractivity contribution in [2.24, 2.45) is 0 Å². The third kappa shape index (κ3) is 5.01. The number of rotatable bonds is 5. The Morgan fingerprint density at radius 2 is 1.92 bits per heavy atom. The van der Waals surface area contributed by atoms with Crippen molar-refractivity contribution in [3.63, 3.8) is 0 Å². The maximum atomic E-state index is 14.2. The first kappa shape index (κ1) is 25.9. The van der Waals surface area contributed by atoms with Gasteiger partial charge in [-0.25, -0.2) is 0 Å². The van der Waals surface area contributed by atoms with E-state index in [0.29, 0.717) is 30.8 Å². The molecule has 2 aromatic rings. The smallest absolute Gasteiger partial charge is 0.371 e. The minimum absolute atomic E-state index is 0.000878. The number of nitrogens with one attached hydrogen (secondary N) is 3. The third-order valence-electron chi connectivity index (χ3n) is 6.97. The minimum Gasteiger partial charge on any atom is -0.371 e. The van der Waals surface area contributed by atoms with E-state index in [1.165, 1.54) is 35.2 Å². The zero-order chi connectivity index (χ0) is 27.0. The lowest BCUT2D eigenvalue weighted by molar-refractivity contribution is -0.155. The number of imide groups is 1. The monoisotopic (exact) mass is 530 g/mol. The lowest BCUT2D eigenvalue weighted by Gasteiger charge is -2.29. The predicted octanol–water partition coefficient (Wildman–Crippen LogP) is 2.14. The van der Waals surface area contributed by atoms with Crippen LogP contribution in [-0.2, 0) is 20.9 Å². The van der Waals surface area contributed by atoms with Crippen LogP contribution in [0.3, 0.4) is 0 Å². The molecule has 9 nitrogen and oxygen atoms in total. The summed E-state index contributed by atoms with van der Waals surface area (Å²) in [5.74, 6) is -2.39. The molecule has 3 aliphatic heterocycles. The van der Waals surface area contributed by atoms with Gasteiger partial charge >= 0.3 is 6.18 Å². The number of carbonyl (C=O) groups excluding carboxylic acids is 4. The largest absolute Gasteiger partial charge is 0.412 e. The van der Waals surface area contributed by atoms with Gasteiger partial charge < -0.3 is 20.3 Å². The molecule has 2 unspecified atom stereocenters. The van der Waals surface area contributed by atoms with E-state index in [2.05, 4.69) is 16.0 Å². The average Bonchev–Trinajstić information content (AvgIpc) is 3.22. The number of morpholine rings is 1. The number of ether oxygens (including phenoxy) is 1. The van der Waals surface area contributed by atoms with Gasteiger partial charge in [0.1, 0.15) is 6.04 Å². The van der Waals surface area contributed by atoms with Crippen LogP contribution in [0.1, 0.15) is 62.4 Å². The number of carbonyl (C=O) groups is 4. The molecule has 3 aliphatic rings. The summed E-state index contributed by atoms with van der Waals surface area (Å²) in [6, 6.07) is 6.88. The Hall–Kier alpha value is -3.77. The van der Waals surface area contributed by atoms with Crippen molar-refractivity contribution in [2.75, 3.05) is 19.7 Å². The van der Waals surface area contributed by atoms with Gasteiger partial charge in [-0.3, -0.25) is 24.5 Å². The summed E-state index contributed by atoms with van der Waals surface area (Å²) in [5, 5.41) is 7.42. The highest BCUT2D eigenvalue weighted by molar-refractivity contribution is 6.06. The van der Waals surface area contributed by atoms with Crippen LogP contribution >= 0.6 is 0 Å². The van der Waals surface area contributed by atoms with Crippen molar-refractivity contribution in [1.82, 2.24) is 20.9 Å². The SMILES string of the molecule is O=C1CCC(N2Cc3cc(C(=O)N[C@H](c4ccccc4C4CNCCO4)C(F)(F)F)ccc3C2=O)C(=O)N1. The van der Waals surface area contributed by atoms with E-state index in [1.807, 2.05) is 0 Å². The van der Waals surface area contributed by atoms with E-state index >= 15 is 0 Å². The van der Waals surface area contributed by atoms with Crippen LogP contribution in [0.5, 0.6) is 0 Å². The summed E-state index contributed by atoms with van der Waals surface area (Å²) in [5.41, 5.74) is 0.845. The van der Waals surface area contributed by atoms with E-state index in [-0.39, 0.29) is 36.1 Å². The fourth-order valence-corrected chi connectivity index (χ4v) is 5.10. The van der Waals surface area contributed by atoms with E-state index in [9.17, 15) is 32.3 Å². The van der Waals surface area contributed by atoms with Gasteiger partial charge in [0.2, 0.25) is 11.8 Å². The zero-order valence-electron chi connectivity index (χ0n) is 20.1. The Morgan fingerprint density at radius 3 is 2.63 bits per heavy atom. The molecule has 2 aromatic carbocycles. The number of alkyl halides is 3. The quantitative estimate of drug-likeness (QED) is 0.510. The van der Waals surface area contributed by atoms with Crippen molar-refractivity contribution in [3.8, 4) is 0 Å². The van der Waals surface area contributed by atoms with E-state index in [0.717, 1.165) is 0 Å². The van der Waals surface area contributed by atoms with Crippen molar-refractivity contribution in [2.45, 2.75) is 43.8 Å². The molecule has 0 aromatic heterocycles. The van der Waals surface area contributed by atoms with Gasteiger partial charge in [-0.15, -0.1) is 0 Å². The number of benzene rings is 2. The number of nitrogens with zero attached hydrogens (tertiary/aromatic N) is 1. The van der Waals surface area contributed by atoms with E-state index < -0.39 is 48.0 Å². The molecule has 12 heteroatoms. The molecule has 2 saturated heterocycles. The second-order valence-electron chi connectivity index (χ2n) is 9.41. The molecule has 38 heavy (non-hydrogen) atoms. The topological polar surface area (TPSA) is 117 Å². The molecule has 3 heterocycles. The third-order valence-corrected chi connectivity index (χ3v) is 6.97. The molecule has 0 aliphatic carbocycles. The number of halogens is 3. The predicted molar refractivity (Wildman–Crippen MR) is 127 cm³/mol. The van der Waals surface area contributed by atoms with Gasteiger partial charge in [0.05, 0.1) is 12.7 Å². The Morgan fingerprint density at radius 1 is 1.13 bits per heavy atom. The lowest BCUT2D eigenvalue weighted by Crippen LogP contribution is -2.52. The molecular formula is C26H25F3N4O5. The number of amides is 4. The molecule has 2 fully saturated rings. The van der Waals surface area contributed by atoms with Crippen LogP contribution in [0.4, 0.5) is 13.2 Å². The van der Waals surface area contributed by atoms with Crippen molar-refractivity contribution >= 4 is 23.6 Å². The molecular weight excluding hydrogens is 505 g/mol. The molecule has 0 saturated carbocycles. The molecule has 0 radical (unpaired) electrons. The summed E-state index contributed by atoms with van der Waals surface area (Å²) in [7, 11) is 0. The molecule has 0 spiro atoms. The van der Waals surface area contributed by atoms with Gasteiger partial charge in [-0.1, -0.05) is 24.3 Å². The van der Waals surface area contributed by atoms with Gasteiger partial charge in [-0.05, 0) is 41.3 Å². The standard InChI is InChI=1S/C26H25F3N4O5/c27-26(28,29)22(18-4-2-1-3-17(18)20-12-30-9-10-38-20)32-23(35)14-5-6-16-15(11-14)13-33(25(16)37)19-7-8-21(34)31-24(19)36/h1-6,11,19-20,22,30H,7-10,12-13H2,(H,32,35)(H,31,34,36)/t19?,20?,22-/m1/s1. The average molecular weight is 531 g/mol. The van der Waals surface area contributed by atoms with Crippen LogP contribution in [0.15, 0.2) is 42.5 Å². The summed E-state index contributed by atoms with van der Waals surface area (Å²) in [6.45, 7) is 1.29. The Bertz CT molecular complexity index is 1290. The highest BCUT2D eigenvalue weighted by Crippen LogP contribution is 2.37. The summed E-state index contributed by atoms with van der Waals surface area (Å²) < 4.78 is 48.4. The van der Waals surface area contributed by atoms with E-state index in [4.69, 9.17) is 4.74 Å². The number of hydrogen-bond acceptors (Lipinski definition) is 6. The highest BCUT2D eigenvalue weighted by Gasteiger charge is 2.44. The van der Waals surface area contributed by atoms with Crippen LogP contribution < -0.4 is 16.0 Å². The lowest BCUT2D eigenvalue weighted by atomic mass is 9.95.